The van der Waals surface area contributed by atoms with Crippen molar-refractivity contribution < 1.29 is 0 Å². The van der Waals surface area contributed by atoms with Crippen LogP contribution in [0.15, 0.2) is 11.9 Å². The molecule has 0 amide bonds. The minimum absolute atomic E-state index is 0.787. The Hall–Kier alpha value is -0.700. The van der Waals surface area contributed by atoms with E-state index in [9.17, 15) is 0 Å². The maximum atomic E-state index is 5.43. The maximum absolute atomic E-state index is 5.43. The van der Waals surface area contributed by atoms with Crippen molar-refractivity contribution in [3.8, 4) is 0 Å². The molecular weight excluding hydrogens is 138 g/mol. The van der Waals surface area contributed by atoms with Crippen LogP contribution in [0.3, 0.4) is 0 Å². The lowest BCUT2D eigenvalue weighted by atomic mass is 10.2. The molecule has 64 valence electrons. The first-order valence-corrected chi connectivity index (χ1v) is 4.06. The Labute approximate surface area is 68.5 Å². The Morgan fingerprint density at radius 3 is 2.73 bits per heavy atom. The molecule has 0 fully saturated rings. The SMILES string of the molecule is CN1C=C(CCCN)N(C)C1. The van der Waals surface area contributed by atoms with Gasteiger partial charge in [-0.2, -0.15) is 0 Å². The number of allylic oxidation sites excluding steroid dienone is 1. The van der Waals surface area contributed by atoms with Crippen LogP contribution in [-0.2, 0) is 0 Å². The second-order valence-corrected chi connectivity index (χ2v) is 3.11. The lowest BCUT2D eigenvalue weighted by Gasteiger charge is -2.15. The van der Waals surface area contributed by atoms with Crippen LogP contribution in [0.5, 0.6) is 0 Å². The average Bonchev–Trinajstić information content (AvgIpc) is 2.26. The van der Waals surface area contributed by atoms with Crippen LogP contribution in [0.2, 0.25) is 0 Å². The normalized spacial score (nSPS) is 17.5. The molecule has 0 saturated carbocycles. The molecule has 0 aromatic rings. The van der Waals surface area contributed by atoms with Crippen LogP contribution >= 0.6 is 0 Å². The van der Waals surface area contributed by atoms with E-state index in [2.05, 4.69) is 30.1 Å². The van der Waals surface area contributed by atoms with Gasteiger partial charge in [-0.15, -0.1) is 0 Å². The summed E-state index contributed by atoms with van der Waals surface area (Å²) in [5, 5.41) is 0. The molecule has 1 aliphatic rings. The number of nitrogens with two attached hydrogens (primary N) is 1. The highest BCUT2D eigenvalue weighted by Gasteiger charge is 2.12. The lowest BCUT2D eigenvalue weighted by molar-refractivity contribution is 0.321. The molecule has 2 N–H and O–H groups in total. The monoisotopic (exact) mass is 155 g/mol. The summed E-state index contributed by atoms with van der Waals surface area (Å²) in [5.41, 5.74) is 6.83. The molecule has 11 heavy (non-hydrogen) atoms. The van der Waals surface area contributed by atoms with Crippen molar-refractivity contribution >= 4 is 0 Å². The highest BCUT2D eigenvalue weighted by atomic mass is 15.3. The Kier molecular flexibility index (Phi) is 2.76. The van der Waals surface area contributed by atoms with Crippen molar-refractivity contribution in [1.29, 1.82) is 0 Å². The van der Waals surface area contributed by atoms with E-state index < -0.39 is 0 Å². The van der Waals surface area contributed by atoms with Gasteiger partial charge in [0.1, 0.15) is 0 Å². The van der Waals surface area contributed by atoms with Crippen molar-refractivity contribution in [3.63, 3.8) is 0 Å². The summed E-state index contributed by atoms with van der Waals surface area (Å²) in [5.74, 6) is 0. The summed E-state index contributed by atoms with van der Waals surface area (Å²) in [4.78, 5) is 4.45. The van der Waals surface area contributed by atoms with Crippen LogP contribution in [0.25, 0.3) is 0 Å². The number of nitrogens with zero attached hydrogens (tertiary/aromatic N) is 2. The zero-order chi connectivity index (χ0) is 8.27. The van der Waals surface area contributed by atoms with Gasteiger partial charge in [0, 0.05) is 26.0 Å². The van der Waals surface area contributed by atoms with Gasteiger partial charge < -0.3 is 15.5 Å². The van der Waals surface area contributed by atoms with Crippen molar-refractivity contribution in [2.24, 2.45) is 5.73 Å². The van der Waals surface area contributed by atoms with E-state index >= 15 is 0 Å². The van der Waals surface area contributed by atoms with E-state index in [1.54, 1.807) is 0 Å². The zero-order valence-electron chi connectivity index (χ0n) is 7.38. The number of rotatable bonds is 3. The van der Waals surface area contributed by atoms with E-state index in [1.165, 1.54) is 5.70 Å². The van der Waals surface area contributed by atoms with Gasteiger partial charge in [-0.1, -0.05) is 0 Å². The molecule has 0 radical (unpaired) electrons. The molecule has 0 aromatic heterocycles. The minimum Gasteiger partial charge on any atom is -0.361 e. The first-order valence-electron chi connectivity index (χ1n) is 4.06. The molecule has 0 aliphatic carbocycles. The summed E-state index contributed by atoms with van der Waals surface area (Å²) in [6, 6.07) is 0. The fourth-order valence-corrected chi connectivity index (χ4v) is 1.36. The Balaban J connectivity index is 2.37. The van der Waals surface area contributed by atoms with Gasteiger partial charge in [-0.3, -0.25) is 0 Å². The quantitative estimate of drug-likeness (QED) is 0.640. The first kappa shape index (κ1) is 8.40. The summed E-state index contributed by atoms with van der Waals surface area (Å²) in [7, 11) is 4.21. The second kappa shape index (κ2) is 3.62. The van der Waals surface area contributed by atoms with Gasteiger partial charge in [0.15, 0.2) is 0 Å². The van der Waals surface area contributed by atoms with Crippen molar-refractivity contribution in [3.05, 3.63) is 11.9 Å². The lowest BCUT2D eigenvalue weighted by Crippen LogP contribution is -2.20. The number of hydrogen-bond acceptors (Lipinski definition) is 3. The van der Waals surface area contributed by atoms with Crippen LogP contribution in [0.1, 0.15) is 12.8 Å². The largest absolute Gasteiger partial charge is 0.361 e. The smallest absolute Gasteiger partial charge is 0.0890 e. The predicted molar refractivity (Wildman–Crippen MR) is 46.8 cm³/mol. The molecule has 1 rings (SSSR count). The molecule has 1 heterocycles. The third-order valence-electron chi connectivity index (χ3n) is 1.93. The van der Waals surface area contributed by atoms with E-state index in [4.69, 9.17) is 5.73 Å². The van der Waals surface area contributed by atoms with E-state index in [-0.39, 0.29) is 0 Å². The summed E-state index contributed by atoms with van der Waals surface area (Å²) in [6.45, 7) is 1.80. The van der Waals surface area contributed by atoms with E-state index in [1.807, 2.05) is 0 Å². The highest BCUT2D eigenvalue weighted by molar-refractivity contribution is 5.04. The molecular formula is C8H17N3. The fourth-order valence-electron chi connectivity index (χ4n) is 1.36. The molecule has 0 spiro atoms. The first-order chi connectivity index (χ1) is 5.24. The van der Waals surface area contributed by atoms with Gasteiger partial charge >= 0.3 is 0 Å². The van der Waals surface area contributed by atoms with Crippen LogP contribution in [0, 0.1) is 0 Å². The van der Waals surface area contributed by atoms with E-state index in [0.717, 1.165) is 26.1 Å². The second-order valence-electron chi connectivity index (χ2n) is 3.11. The molecule has 3 nitrogen and oxygen atoms in total. The van der Waals surface area contributed by atoms with E-state index in [0.29, 0.717) is 0 Å². The van der Waals surface area contributed by atoms with Crippen molar-refractivity contribution in [2.75, 3.05) is 27.3 Å². The summed E-state index contributed by atoms with van der Waals surface area (Å²) in [6.07, 6.45) is 4.39. The van der Waals surface area contributed by atoms with Gasteiger partial charge in [-0.05, 0) is 19.4 Å². The standard InChI is InChI=1S/C8H17N3/c1-10-6-8(4-3-5-9)11(2)7-10/h6H,3-5,7,9H2,1-2H3. The van der Waals surface area contributed by atoms with Crippen LogP contribution < -0.4 is 5.73 Å². The van der Waals surface area contributed by atoms with Gasteiger partial charge in [0.2, 0.25) is 0 Å². The topological polar surface area (TPSA) is 32.5 Å². The van der Waals surface area contributed by atoms with Gasteiger partial charge in [0.25, 0.3) is 0 Å². The van der Waals surface area contributed by atoms with Gasteiger partial charge in [0.05, 0.1) is 6.67 Å². The van der Waals surface area contributed by atoms with Crippen molar-refractivity contribution in [1.82, 2.24) is 9.80 Å². The van der Waals surface area contributed by atoms with Crippen molar-refractivity contribution in [2.45, 2.75) is 12.8 Å². The summed E-state index contributed by atoms with van der Waals surface area (Å²) >= 11 is 0. The molecule has 0 bridgehead atoms. The minimum atomic E-state index is 0.787. The molecule has 1 aliphatic heterocycles. The third kappa shape index (κ3) is 2.12. The molecule has 3 heteroatoms. The molecule has 0 saturated heterocycles. The fraction of sp³-hybridized carbons (Fsp3) is 0.750. The highest BCUT2D eigenvalue weighted by Crippen LogP contribution is 2.15. The average molecular weight is 155 g/mol. The molecule has 0 aromatic carbocycles. The maximum Gasteiger partial charge on any atom is 0.0890 e. The summed E-state index contributed by atoms with van der Waals surface area (Å²) < 4.78 is 0. The molecule has 0 unspecified atom stereocenters. The predicted octanol–water partition coefficient (Wildman–Crippen LogP) is 0.401. The van der Waals surface area contributed by atoms with Crippen LogP contribution in [-0.4, -0.2) is 37.1 Å². The van der Waals surface area contributed by atoms with Gasteiger partial charge in [-0.25, -0.2) is 0 Å². The zero-order valence-corrected chi connectivity index (χ0v) is 7.38. The Morgan fingerprint density at radius 2 is 2.27 bits per heavy atom. The van der Waals surface area contributed by atoms with Crippen LogP contribution in [0.4, 0.5) is 0 Å². The third-order valence-corrected chi connectivity index (χ3v) is 1.93. The Morgan fingerprint density at radius 1 is 1.55 bits per heavy atom. The number of hydrogen-bond donors (Lipinski definition) is 1. The Bertz CT molecular complexity index is 153. The molecule has 0 atom stereocenters.